The highest BCUT2D eigenvalue weighted by molar-refractivity contribution is 7.89. The average molecular weight is 423 g/mol. The molecule has 158 valence electrons. The second-order valence-electron chi connectivity index (χ2n) is 7.10. The molecule has 0 aliphatic heterocycles. The lowest BCUT2D eigenvalue weighted by Crippen LogP contribution is -2.43. The normalized spacial score (nSPS) is 12.6. The van der Waals surface area contributed by atoms with Crippen LogP contribution in [0, 0.1) is 19.8 Å². The van der Waals surface area contributed by atoms with Gasteiger partial charge in [-0.3, -0.25) is 9.59 Å². The number of carbonyl (C=O) groups excluding carboxylic acids is 2. The van der Waals surface area contributed by atoms with Gasteiger partial charge < -0.3 is 14.6 Å². The van der Waals surface area contributed by atoms with Crippen LogP contribution in [0.15, 0.2) is 39.8 Å². The fourth-order valence-electron chi connectivity index (χ4n) is 2.48. The van der Waals surface area contributed by atoms with E-state index < -0.39 is 34.5 Å². The Labute approximate surface area is 169 Å². The van der Waals surface area contributed by atoms with Gasteiger partial charge in [-0.05, 0) is 38.3 Å². The van der Waals surface area contributed by atoms with Gasteiger partial charge in [0.1, 0.15) is 11.8 Å². The van der Waals surface area contributed by atoms with Crippen LogP contribution in [0.3, 0.4) is 0 Å². The summed E-state index contributed by atoms with van der Waals surface area (Å²) in [6.45, 7) is 6.62. The number of carbonyl (C=O) groups is 2. The molecule has 10 heteroatoms. The highest BCUT2D eigenvalue weighted by Crippen LogP contribution is 2.14. The lowest BCUT2D eigenvalue weighted by molar-refractivity contribution is -0.149. The Kier molecular flexibility index (Phi) is 7.52. The van der Waals surface area contributed by atoms with E-state index in [2.05, 4.69) is 15.2 Å². The number of aromatic nitrogens is 1. The van der Waals surface area contributed by atoms with Crippen molar-refractivity contribution >= 4 is 27.7 Å². The summed E-state index contributed by atoms with van der Waals surface area (Å²) >= 11 is 0. The van der Waals surface area contributed by atoms with Crippen LogP contribution in [0.5, 0.6) is 0 Å². The van der Waals surface area contributed by atoms with E-state index in [1.54, 1.807) is 19.1 Å². The molecular weight excluding hydrogens is 398 g/mol. The molecule has 0 saturated heterocycles. The first-order valence-corrected chi connectivity index (χ1v) is 10.5. The molecule has 1 aromatic heterocycles. The first-order valence-electron chi connectivity index (χ1n) is 9.05. The van der Waals surface area contributed by atoms with Gasteiger partial charge in [0.25, 0.3) is 5.91 Å². The van der Waals surface area contributed by atoms with Crippen molar-refractivity contribution in [2.45, 2.75) is 45.1 Å². The van der Waals surface area contributed by atoms with E-state index in [1.807, 2.05) is 20.8 Å². The number of hydrogen-bond donors (Lipinski definition) is 2. The highest BCUT2D eigenvalue weighted by atomic mass is 32.2. The van der Waals surface area contributed by atoms with E-state index in [4.69, 9.17) is 9.26 Å². The summed E-state index contributed by atoms with van der Waals surface area (Å²) in [5.41, 5.74) is 0.912. The molecule has 1 heterocycles. The molecule has 0 spiro atoms. The lowest BCUT2D eigenvalue weighted by atomic mass is 10.1. The van der Waals surface area contributed by atoms with Crippen molar-refractivity contribution in [3.05, 3.63) is 41.7 Å². The standard InChI is InChI=1S/C19H25N3O6S/c1-12(2)9-16(22-29(25,26)15-7-5-13(3)6-8-15)19(24)27-11-18(23)20-17-10-14(4)28-21-17/h5-8,10,12,16,22H,9,11H2,1-4H3,(H,20,21,23)/t16-/m1/s1. The largest absolute Gasteiger partial charge is 0.454 e. The minimum Gasteiger partial charge on any atom is -0.454 e. The van der Waals surface area contributed by atoms with Crippen molar-refractivity contribution in [3.8, 4) is 0 Å². The van der Waals surface area contributed by atoms with Gasteiger partial charge in [0.05, 0.1) is 4.90 Å². The summed E-state index contributed by atoms with van der Waals surface area (Å²) in [6.07, 6.45) is 0.216. The molecule has 1 amide bonds. The number of amides is 1. The van der Waals surface area contributed by atoms with Gasteiger partial charge in [0, 0.05) is 6.07 Å². The number of sulfonamides is 1. The number of hydrogen-bond acceptors (Lipinski definition) is 7. The fourth-order valence-corrected chi connectivity index (χ4v) is 3.68. The molecular formula is C19H25N3O6S. The molecule has 2 aromatic rings. The molecule has 2 N–H and O–H groups in total. The first kappa shape index (κ1) is 22.6. The van der Waals surface area contributed by atoms with Gasteiger partial charge in [0.15, 0.2) is 12.4 Å². The zero-order valence-electron chi connectivity index (χ0n) is 16.8. The maximum absolute atomic E-state index is 12.6. The third-order valence-electron chi connectivity index (χ3n) is 3.86. The number of benzene rings is 1. The highest BCUT2D eigenvalue weighted by Gasteiger charge is 2.28. The molecule has 0 fully saturated rings. The second-order valence-corrected chi connectivity index (χ2v) is 8.81. The zero-order valence-corrected chi connectivity index (χ0v) is 17.6. The Morgan fingerprint density at radius 2 is 1.83 bits per heavy atom. The number of esters is 1. The maximum Gasteiger partial charge on any atom is 0.324 e. The SMILES string of the molecule is Cc1ccc(S(=O)(=O)N[C@H](CC(C)C)C(=O)OCC(=O)Nc2cc(C)on2)cc1. The molecule has 0 unspecified atom stereocenters. The second kappa shape index (κ2) is 9.66. The maximum atomic E-state index is 12.6. The van der Waals surface area contributed by atoms with Crippen LogP contribution in [0.4, 0.5) is 5.82 Å². The fraction of sp³-hybridized carbons (Fsp3) is 0.421. The van der Waals surface area contributed by atoms with Crippen LogP contribution in [0.25, 0.3) is 0 Å². The molecule has 0 aliphatic rings. The minimum absolute atomic E-state index is 0.0141. The third kappa shape index (κ3) is 6.99. The van der Waals surface area contributed by atoms with Crippen LogP contribution < -0.4 is 10.0 Å². The number of nitrogens with zero attached hydrogens (tertiary/aromatic N) is 1. The Bertz CT molecular complexity index is 951. The van der Waals surface area contributed by atoms with Crippen LogP contribution in [0.2, 0.25) is 0 Å². The van der Waals surface area contributed by atoms with E-state index in [0.29, 0.717) is 5.76 Å². The van der Waals surface area contributed by atoms with Gasteiger partial charge >= 0.3 is 5.97 Å². The molecule has 9 nitrogen and oxygen atoms in total. The molecule has 0 radical (unpaired) electrons. The summed E-state index contributed by atoms with van der Waals surface area (Å²) in [7, 11) is -3.93. The predicted molar refractivity (Wildman–Crippen MR) is 106 cm³/mol. The molecule has 0 bridgehead atoms. The van der Waals surface area contributed by atoms with Crippen LogP contribution in [-0.4, -0.2) is 38.1 Å². The van der Waals surface area contributed by atoms with Gasteiger partial charge in [0.2, 0.25) is 10.0 Å². The topological polar surface area (TPSA) is 128 Å². The molecule has 2 rings (SSSR count). The van der Waals surface area contributed by atoms with E-state index >= 15 is 0 Å². The summed E-state index contributed by atoms with van der Waals surface area (Å²) in [4.78, 5) is 24.4. The predicted octanol–water partition coefficient (Wildman–Crippen LogP) is 2.17. The molecule has 29 heavy (non-hydrogen) atoms. The Morgan fingerprint density at radius 3 is 2.38 bits per heavy atom. The van der Waals surface area contributed by atoms with Gasteiger partial charge in [-0.15, -0.1) is 0 Å². The quantitative estimate of drug-likeness (QED) is 0.592. The average Bonchev–Trinajstić information content (AvgIpc) is 3.03. The van der Waals surface area contributed by atoms with Crippen molar-refractivity contribution < 1.29 is 27.3 Å². The van der Waals surface area contributed by atoms with Crippen molar-refractivity contribution in [1.82, 2.24) is 9.88 Å². The lowest BCUT2D eigenvalue weighted by Gasteiger charge is -2.19. The van der Waals surface area contributed by atoms with E-state index in [9.17, 15) is 18.0 Å². The van der Waals surface area contributed by atoms with Crippen molar-refractivity contribution in [2.75, 3.05) is 11.9 Å². The monoisotopic (exact) mass is 423 g/mol. The van der Waals surface area contributed by atoms with Crippen LogP contribution in [0.1, 0.15) is 31.6 Å². The molecule has 0 saturated carbocycles. The van der Waals surface area contributed by atoms with E-state index in [1.165, 1.54) is 18.2 Å². The number of rotatable bonds is 9. The molecule has 1 atom stereocenters. The van der Waals surface area contributed by atoms with Crippen molar-refractivity contribution in [1.29, 1.82) is 0 Å². The third-order valence-corrected chi connectivity index (χ3v) is 5.35. The smallest absolute Gasteiger partial charge is 0.324 e. The number of aryl methyl sites for hydroxylation is 2. The minimum atomic E-state index is -3.93. The zero-order chi connectivity index (χ0) is 21.6. The van der Waals surface area contributed by atoms with Gasteiger partial charge in [-0.2, -0.15) is 4.72 Å². The number of anilines is 1. The Hall–Kier alpha value is -2.72. The summed E-state index contributed by atoms with van der Waals surface area (Å²) in [5.74, 6) is -0.723. The number of ether oxygens (including phenoxy) is 1. The Balaban J connectivity index is 2.01. The summed E-state index contributed by atoms with van der Waals surface area (Å²) < 4.78 is 37.4. The van der Waals surface area contributed by atoms with Crippen LogP contribution in [-0.2, 0) is 24.3 Å². The van der Waals surface area contributed by atoms with Crippen molar-refractivity contribution in [3.63, 3.8) is 0 Å². The first-order chi connectivity index (χ1) is 13.6. The van der Waals surface area contributed by atoms with Gasteiger partial charge in [-0.1, -0.05) is 36.7 Å². The van der Waals surface area contributed by atoms with Gasteiger partial charge in [-0.25, -0.2) is 8.42 Å². The molecule has 1 aromatic carbocycles. The number of nitrogens with one attached hydrogen (secondary N) is 2. The summed E-state index contributed by atoms with van der Waals surface area (Å²) in [6, 6.07) is 6.65. The van der Waals surface area contributed by atoms with Crippen LogP contribution >= 0.6 is 0 Å². The van der Waals surface area contributed by atoms with E-state index in [0.717, 1.165) is 5.56 Å². The van der Waals surface area contributed by atoms with Crippen molar-refractivity contribution in [2.24, 2.45) is 5.92 Å². The summed E-state index contributed by atoms with van der Waals surface area (Å²) in [5, 5.41) is 6.02. The molecule has 0 aliphatic carbocycles. The van der Waals surface area contributed by atoms with E-state index in [-0.39, 0.29) is 23.1 Å². The Morgan fingerprint density at radius 1 is 1.17 bits per heavy atom.